The van der Waals surface area contributed by atoms with Crippen molar-refractivity contribution in [2.45, 2.75) is 20.1 Å². The second kappa shape index (κ2) is 5.26. The van der Waals surface area contributed by atoms with E-state index in [0.717, 1.165) is 12.1 Å². The van der Waals surface area contributed by atoms with Gasteiger partial charge < -0.3 is 0 Å². The lowest BCUT2D eigenvalue weighted by molar-refractivity contribution is -0.137. The second-order valence-electron chi connectivity index (χ2n) is 2.58. The number of benzene rings is 1. The lowest BCUT2D eigenvalue weighted by Crippen LogP contribution is -2.04. The van der Waals surface area contributed by atoms with Crippen LogP contribution in [-0.2, 0) is 12.7 Å². The van der Waals surface area contributed by atoms with E-state index in [0.29, 0.717) is 5.56 Å². The van der Waals surface area contributed by atoms with Crippen molar-refractivity contribution in [3.63, 3.8) is 0 Å². The molecule has 0 saturated heterocycles. The Bertz CT molecular complexity index is 350. The molecule has 6 heteroatoms. The van der Waals surface area contributed by atoms with Gasteiger partial charge in [-0.3, -0.25) is 0 Å². The van der Waals surface area contributed by atoms with Crippen LogP contribution in [0.1, 0.15) is 18.6 Å². The number of nitrogens with zero attached hydrogens (tertiary/aromatic N) is 3. The molecule has 0 spiro atoms. The van der Waals surface area contributed by atoms with E-state index < -0.39 is 11.7 Å². The van der Waals surface area contributed by atoms with E-state index in [-0.39, 0.29) is 14.0 Å². The standard InChI is InChI=1S/C8H6F3N3.CH4/c9-8(10,11)7-3-1-6(2-4-7)5-13-14-12;/h1-4H,5H2;1H4. The number of rotatable bonds is 2. The van der Waals surface area contributed by atoms with Gasteiger partial charge in [0.1, 0.15) is 0 Å². The molecule has 3 nitrogen and oxygen atoms in total. The number of hydrogen-bond acceptors (Lipinski definition) is 1. The van der Waals surface area contributed by atoms with Crippen LogP contribution < -0.4 is 0 Å². The Balaban J connectivity index is 0.00000196. The highest BCUT2D eigenvalue weighted by Gasteiger charge is 2.29. The van der Waals surface area contributed by atoms with Crippen LogP contribution in [0, 0.1) is 0 Å². The molecule has 1 rings (SSSR count). The summed E-state index contributed by atoms with van der Waals surface area (Å²) in [6, 6.07) is 4.50. The van der Waals surface area contributed by atoms with Gasteiger partial charge in [-0.2, -0.15) is 13.2 Å². The summed E-state index contributed by atoms with van der Waals surface area (Å²) in [6.07, 6.45) is -4.32. The smallest absolute Gasteiger partial charge is 0.166 e. The van der Waals surface area contributed by atoms with Gasteiger partial charge in [0.2, 0.25) is 0 Å². The van der Waals surface area contributed by atoms with Crippen LogP contribution in [0.15, 0.2) is 29.4 Å². The van der Waals surface area contributed by atoms with Crippen LogP contribution in [0.25, 0.3) is 10.4 Å². The van der Waals surface area contributed by atoms with Gasteiger partial charge in [-0.1, -0.05) is 24.7 Å². The van der Waals surface area contributed by atoms with Gasteiger partial charge in [0, 0.05) is 4.91 Å². The van der Waals surface area contributed by atoms with Gasteiger partial charge in [0.15, 0.2) is 0 Å². The monoisotopic (exact) mass is 217 g/mol. The molecule has 1 aromatic rings. The Labute approximate surface area is 85.2 Å². The maximum absolute atomic E-state index is 12.1. The zero-order valence-corrected chi connectivity index (χ0v) is 6.99. The first-order valence-corrected chi connectivity index (χ1v) is 3.71. The van der Waals surface area contributed by atoms with Crippen molar-refractivity contribution >= 4 is 0 Å². The molecular weight excluding hydrogens is 207 g/mol. The highest BCUT2D eigenvalue weighted by atomic mass is 19.4. The van der Waals surface area contributed by atoms with Crippen molar-refractivity contribution in [3.8, 4) is 0 Å². The molecule has 1 aromatic carbocycles. The molecule has 0 atom stereocenters. The summed E-state index contributed by atoms with van der Waals surface area (Å²) in [5.41, 5.74) is 7.84. The van der Waals surface area contributed by atoms with Crippen LogP contribution in [0.2, 0.25) is 0 Å². The molecule has 0 aliphatic rings. The van der Waals surface area contributed by atoms with Crippen molar-refractivity contribution in [2.75, 3.05) is 0 Å². The van der Waals surface area contributed by atoms with Crippen molar-refractivity contribution in [1.29, 1.82) is 0 Å². The van der Waals surface area contributed by atoms with Crippen LogP contribution >= 0.6 is 0 Å². The van der Waals surface area contributed by atoms with Crippen molar-refractivity contribution in [2.24, 2.45) is 5.11 Å². The van der Waals surface area contributed by atoms with E-state index in [1.807, 2.05) is 0 Å². The Kier molecular flexibility index (Phi) is 4.67. The Morgan fingerprint density at radius 3 is 2.13 bits per heavy atom. The third-order valence-corrected chi connectivity index (χ3v) is 1.60. The van der Waals surface area contributed by atoms with Crippen molar-refractivity contribution in [3.05, 3.63) is 45.8 Å². The molecule has 0 aromatic heterocycles. The van der Waals surface area contributed by atoms with E-state index >= 15 is 0 Å². The minimum Gasteiger partial charge on any atom is -0.166 e. The first-order valence-electron chi connectivity index (χ1n) is 3.71. The minimum absolute atomic E-state index is 0. The number of azide groups is 1. The van der Waals surface area contributed by atoms with E-state index in [2.05, 4.69) is 10.0 Å². The largest absolute Gasteiger partial charge is 0.416 e. The van der Waals surface area contributed by atoms with Gasteiger partial charge in [0.05, 0.1) is 12.1 Å². The molecule has 0 fully saturated rings. The molecule has 0 unspecified atom stereocenters. The fourth-order valence-electron chi connectivity index (χ4n) is 0.912. The normalized spacial score (nSPS) is 10.1. The average molecular weight is 217 g/mol. The minimum atomic E-state index is -4.32. The van der Waals surface area contributed by atoms with Crippen LogP contribution in [0.4, 0.5) is 13.2 Å². The van der Waals surface area contributed by atoms with E-state index in [9.17, 15) is 13.2 Å². The molecular formula is C9H10F3N3. The molecule has 15 heavy (non-hydrogen) atoms. The zero-order valence-electron chi connectivity index (χ0n) is 6.99. The fraction of sp³-hybridized carbons (Fsp3) is 0.333. The van der Waals surface area contributed by atoms with Gasteiger partial charge >= 0.3 is 6.18 Å². The predicted molar refractivity (Wildman–Crippen MR) is 51.0 cm³/mol. The summed E-state index contributed by atoms with van der Waals surface area (Å²) in [5, 5.41) is 3.23. The highest BCUT2D eigenvalue weighted by molar-refractivity contribution is 5.24. The molecule has 0 N–H and O–H groups in total. The molecule has 0 aliphatic heterocycles. The summed E-state index contributed by atoms with van der Waals surface area (Å²) in [7, 11) is 0. The maximum Gasteiger partial charge on any atom is 0.416 e. The van der Waals surface area contributed by atoms with Gasteiger partial charge in [-0.05, 0) is 23.2 Å². The zero-order chi connectivity index (χ0) is 10.6. The Morgan fingerprint density at radius 1 is 1.20 bits per heavy atom. The van der Waals surface area contributed by atoms with E-state index in [1.165, 1.54) is 12.1 Å². The van der Waals surface area contributed by atoms with Crippen molar-refractivity contribution < 1.29 is 13.2 Å². The van der Waals surface area contributed by atoms with Crippen LogP contribution in [0.3, 0.4) is 0 Å². The average Bonchev–Trinajstić information content (AvgIpc) is 2.14. The van der Waals surface area contributed by atoms with Crippen LogP contribution in [0.5, 0.6) is 0 Å². The van der Waals surface area contributed by atoms with Gasteiger partial charge in [-0.25, -0.2) is 0 Å². The lowest BCUT2D eigenvalue weighted by Gasteiger charge is -2.06. The number of alkyl halides is 3. The highest BCUT2D eigenvalue weighted by Crippen LogP contribution is 2.29. The molecule has 0 saturated carbocycles. The summed E-state index contributed by atoms with van der Waals surface area (Å²) >= 11 is 0. The molecule has 0 bridgehead atoms. The Hall–Kier alpha value is -1.68. The third-order valence-electron chi connectivity index (χ3n) is 1.60. The van der Waals surface area contributed by atoms with Crippen LogP contribution in [-0.4, -0.2) is 0 Å². The van der Waals surface area contributed by atoms with Gasteiger partial charge in [-0.15, -0.1) is 0 Å². The molecule has 0 amide bonds. The lowest BCUT2D eigenvalue weighted by atomic mass is 10.1. The first-order chi connectivity index (χ1) is 6.54. The topological polar surface area (TPSA) is 48.8 Å². The summed E-state index contributed by atoms with van der Waals surface area (Å²) < 4.78 is 36.3. The Morgan fingerprint density at radius 2 is 1.73 bits per heavy atom. The van der Waals surface area contributed by atoms with Gasteiger partial charge in [0.25, 0.3) is 0 Å². The second-order valence-corrected chi connectivity index (χ2v) is 2.58. The molecule has 0 aliphatic carbocycles. The quantitative estimate of drug-likeness (QED) is 0.406. The molecule has 0 radical (unpaired) electrons. The summed E-state index contributed by atoms with van der Waals surface area (Å²) in [4.78, 5) is 2.50. The number of hydrogen-bond donors (Lipinski definition) is 0. The van der Waals surface area contributed by atoms with Crippen molar-refractivity contribution in [1.82, 2.24) is 0 Å². The maximum atomic E-state index is 12.1. The third kappa shape index (κ3) is 3.91. The SMILES string of the molecule is C.[N-]=[N+]=NCc1ccc(C(F)(F)F)cc1. The molecule has 82 valence electrons. The van der Waals surface area contributed by atoms with E-state index in [4.69, 9.17) is 5.53 Å². The molecule has 0 heterocycles. The first kappa shape index (κ1) is 13.3. The number of halogens is 3. The summed E-state index contributed by atoms with van der Waals surface area (Å²) in [5.74, 6) is 0. The predicted octanol–water partition coefficient (Wildman–Crippen LogP) is 4.15. The van der Waals surface area contributed by atoms with E-state index in [1.54, 1.807) is 0 Å². The summed E-state index contributed by atoms with van der Waals surface area (Å²) in [6.45, 7) is 0.0641. The fourth-order valence-corrected chi connectivity index (χ4v) is 0.912.